The van der Waals surface area contributed by atoms with Crippen molar-refractivity contribution in [1.82, 2.24) is 0 Å². The minimum atomic E-state index is -6.27. The van der Waals surface area contributed by atoms with Gasteiger partial charge in [0.1, 0.15) is 0 Å². The van der Waals surface area contributed by atoms with E-state index < -0.39 is 29.4 Å². The van der Waals surface area contributed by atoms with Crippen LogP contribution in [0.5, 0.6) is 0 Å². The highest BCUT2D eigenvalue weighted by Crippen LogP contribution is 2.58. The summed E-state index contributed by atoms with van der Waals surface area (Å²) in [7, 11) is 0. The van der Waals surface area contributed by atoms with E-state index in [9.17, 15) is 39.5 Å². The molecule has 1 unspecified atom stereocenters. The van der Waals surface area contributed by atoms with Gasteiger partial charge in [0.25, 0.3) is 0 Å². The average Bonchev–Trinajstić information content (AvgIpc) is 1.98. The fourth-order valence-corrected chi connectivity index (χ4v) is 1.00. The minimum Gasteiger partial charge on any atom is -0.233 e. The molecule has 0 aromatic carbocycles. The third-order valence-corrected chi connectivity index (χ3v) is 2.85. The van der Waals surface area contributed by atoms with Gasteiger partial charge in [-0.15, -0.1) is 0 Å². The van der Waals surface area contributed by atoms with Gasteiger partial charge in [-0.05, 0) is 6.92 Å². The van der Waals surface area contributed by atoms with Crippen molar-refractivity contribution in [3.8, 4) is 0 Å². The van der Waals surface area contributed by atoms with Gasteiger partial charge in [0, 0.05) is 0 Å². The molecular formula is C8H9F9. The highest BCUT2D eigenvalue weighted by Gasteiger charge is 2.77. The van der Waals surface area contributed by atoms with Crippen LogP contribution >= 0.6 is 0 Å². The van der Waals surface area contributed by atoms with Crippen LogP contribution in [0.25, 0.3) is 0 Å². The molecule has 0 fully saturated rings. The molecule has 0 aliphatic heterocycles. The minimum absolute atomic E-state index is 0.117. The van der Waals surface area contributed by atoms with E-state index >= 15 is 0 Å². The number of rotatable bonds is 2. The fourth-order valence-electron chi connectivity index (χ4n) is 1.00. The molecule has 0 nitrogen and oxygen atoms in total. The molecule has 0 aromatic heterocycles. The number of hydrogen-bond donors (Lipinski definition) is 0. The van der Waals surface area contributed by atoms with Gasteiger partial charge >= 0.3 is 18.3 Å². The molecule has 0 radical (unpaired) electrons. The van der Waals surface area contributed by atoms with Crippen LogP contribution in [0.2, 0.25) is 0 Å². The topological polar surface area (TPSA) is 0 Å². The summed E-state index contributed by atoms with van der Waals surface area (Å²) in [5.41, 5.74) is -8.68. The standard InChI is InChI=1S/C8H9F9/c1-4(2,5(3,9)7(12,13)14)6(10,11)8(15,16)17/h1-3H3. The summed E-state index contributed by atoms with van der Waals surface area (Å²) < 4.78 is 111. The zero-order chi connectivity index (χ0) is 14.5. The van der Waals surface area contributed by atoms with Crippen LogP contribution in [0.3, 0.4) is 0 Å². The lowest BCUT2D eigenvalue weighted by Gasteiger charge is -2.44. The smallest absolute Gasteiger partial charge is 0.233 e. The fraction of sp³-hybridized carbons (Fsp3) is 1.00. The third kappa shape index (κ3) is 2.20. The highest BCUT2D eigenvalue weighted by molar-refractivity contribution is 5.06. The Bertz CT molecular complexity index is 252. The summed E-state index contributed by atoms with van der Waals surface area (Å²) in [6.45, 7) is -0.575. The second-order valence-electron chi connectivity index (χ2n) is 4.20. The first-order chi connectivity index (χ1) is 7.00. The molecular weight excluding hydrogens is 267 g/mol. The lowest BCUT2D eigenvalue weighted by Crippen LogP contribution is -2.62. The first kappa shape index (κ1) is 16.4. The van der Waals surface area contributed by atoms with E-state index in [4.69, 9.17) is 0 Å². The average molecular weight is 276 g/mol. The Morgan fingerprint density at radius 3 is 1.00 bits per heavy atom. The van der Waals surface area contributed by atoms with Gasteiger partial charge in [-0.1, -0.05) is 13.8 Å². The second kappa shape index (κ2) is 3.68. The van der Waals surface area contributed by atoms with Crippen molar-refractivity contribution in [1.29, 1.82) is 0 Å². The van der Waals surface area contributed by atoms with Crippen molar-refractivity contribution in [2.45, 2.75) is 44.7 Å². The van der Waals surface area contributed by atoms with Crippen molar-refractivity contribution in [2.75, 3.05) is 0 Å². The van der Waals surface area contributed by atoms with E-state index in [-0.39, 0.29) is 20.8 Å². The molecule has 104 valence electrons. The van der Waals surface area contributed by atoms with Gasteiger partial charge in [-0.3, -0.25) is 0 Å². The van der Waals surface area contributed by atoms with Crippen molar-refractivity contribution in [3.05, 3.63) is 0 Å². The van der Waals surface area contributed by atoms with Crippen LogP contribution in [0, 0.1) is 5.41 Å². The molecule has 0 saturated heterocycles. The summed E-state index contributed by atoms with van der Waals surface area (Å²) in [5.74, 6) is -5.82. The zero-order valence-electron chi connectivity index (χ0n) is 8.90. The monoisotopic (exact) mass is 276 g/mol. The first-order valence-corrected chi connectivity index (χ1v) is 4.20. The highest BCUT2D eigenvalue weighted by atomic mass is 19.4. The maximum atomic E-state index is 13.3. The summed E-state index contributed by atoms with van der Waals surface area (Å²) in [6, 6.07) is 0. The van der Waals surface area contributed by atoms with Crippen LogP contribution in [0.4, 0.5) is 39.5 Å². The maximum absolute atomic E-state index is 13.3. The van der Waals surface area contributed by atoms with E-state index in [0.717, 1.165) is 0 Å². The van der Waals surface area contributed by atoms with Gasteiger partial charge in [0.2, 0.25) is 5.67 Å². The Hall–Kier alpha value is -0.630. The van der Waals surface area contributed by atoms with E-state index in [1.807, 2.05) is 0 Å². The van der Waals surface area contributed by atoms with Crippen LogP contribution in [0.15, 0.2) is 0 Å². The predicted molar refractivity (Wildman–Crippen MR) is 40.4 cm³/mol. The molecule has 0 aliphatic carbocycles. The summed E-state index contributed by atoms with van der Waals surface area (Å²) in [4.78, 5) is 0. The molecule has 0 heterocycles. The summed E-state index contributed by atoms with van der Waals surface area (Å²) in [6.07, 6.45) is -12.1. The largest absolute Gasteiger partial charge is 0.453 e. The van der Waals surface area contributed by atoms with Crippen molar-refractivity contribution < 1.29 is 39.5 Å². The van der Waals surface area contributed by atoms with E-state index in [2.05, 4.69) is 0 Å². The molecule has 0 amide bonds. The molecule has 0 saturated carbocycles. The van der Waals surface area contributed by atoms with Crippen molar-refractivity contribution >= 4 is 0 Å². The van der Waals surface area contributed by atoms with Crippen LogP contribution < -0.4 is 0 Å². The Morgan fingerprint density at radius 1 is 0.529 bits per heavy atom. The van der Waals surface area contributed by atoms with Gasteiger partial charge in [0.05, 0.1) is 5.41 Å². The lowest BCUT2D eigenvalue weighted by atomic mass is 9.71. The molecule has 0 rings (SSSR count). The van der Waals surface area contributed by atoms with E-state index in [1.54, 1.807) is 0 Å². The van der Waals surface area contributed by atoms with Gasteiger partial charge in [-0.2, -0.15) is 35.1 Å². The first-order valence-electron chi connectivity index (χ1n) is 4.20. The van der Waals surface area contributed by atoms with E-state index in [1.165, 1.54) is 0 Å². The molecule has 17 heavy (non-hydrogen) atoms. The van der Waals surface area contributed by atoms with Crippen LogP contribution in [0.1, 0.15) is 20.8 Å². The van der Waals surface area contributed by atoms with Gasteiger partial charge < -0.3 is 0 Å². The molecule has 0 spiro atoms. The van der Waals surface area contributed by atoms with Crippen molar-refractivity contribution in [3.63, 3.8) is 0 Å². The Kier molecular flexibility index (Phi) is 3.54. The van der Waals surface area contributed by atoms with Crippen LogP contribution in [-0.2, 0) is 0 Å². The predicted octanol–water partition coefficient (Wildman–Crippen LogP) is 4.50. The lowest BCUT2D eigenvalue weighted by molar-refractivity contribution is -0.368. The SMILES string of the molecule is CC(C)(C(C)(F)C(F)(F)F)C(F)(F)C(F)(F)F. The Labute approximate surface area is 90.8 Å². The molecule has 1 atom stereocenters. The molecule has 0 bridgehead atoms. The number of hydrogen-bond acceptors (Lipinski definition) is 0. The van der Waals surface area contributed by atoms with Gasteiger partial charge in [0.15, 0.2) is 0 Å². The molecule has 0 aliphatic rings. The number of halogens is 9. The molecule has 0 N–H and O–H groups in total. The van der Waals surface area contributed by atoms with E-state index in [0.29, 0.717) is 0 Å². The Morgan fingerprint density at radius 2 is 0.824 bits per heavy atom. The van der Waals surface area contributed by atoms with Crippen molar-refractivity contribution in [2.24, 2.45) is 5.41 Å². The second-order valence-corrected chi connectivity index (χ2v) is 4.20. The molecule has 0 aromatic rings. The summed E-state index contributed by atoms with van der Waals surface area (Å²) in [5, 5.41) is 0. The van der Waals surface area contributed by atoms with Crippen LogP contribution in [-0.4, -0.2) is 23.9 Å². The number of alkyl halides is 9. The summed E-state index contributed by atoms with van der Waals surface area (Å²) >= 11 is 0. The van der Waals surface area contributed by atoms with Gasteiger partial charge in [-0.25, -0.2) is 4.39 Å². The molecule has 9 heteroatoms. The zero-order valence-corrected chi connectivity index (χ0v) is 8.90. The third-order valence-electron chi connectivity index (χ3n) is 2.85. The quantitative estimate of drug-likeness (QED) is 0.651. The maximum Gasteiger partial charge on any atom is 0.453 e. The normalized spacial score (nSPS) is 19.1. The Balaban J connectivity index is 5.73.